The minimum Gasteiger partial charge on any atom is -0.465 e. The van der Waals surface area contributed by atoms with E-state index in [0.29, 0.717) is 15.9 Å². The van der Waals surface area contributed by atoms with Crippen molar-refractivity contribution in [2.45, 2.75) is 18.0 Å². The van der Waals surface area contributed by atoms with Gasteiger partial charge in [0, 0.05) is 5.69 Å². The average Bonchev–Trinajstić information content (AvgIpc) is 2.83. The number of sulfonamides is 1. The molecule has 7 nitrogen and oxygen atoms in total. The van der Waals surface area contributed by atoms with E-state index >= 15 is 0 Å². The van der Waals surface area contributed by atoms with E-state index in [1.165, 1.54) is 49.6 Å². The van der Waals surface area contributed by atoms with Crippen molar-refractivity contribution in [2.24, 2.45) is 0 Å². The number of nitrogens with one attached hydrogen (secondary N) is 1. The maximum Gasteiger partial charge on any atom is 0.416 e. The van der Waals surface area contributed by atoms with Crippen LogP contribution in [0.15, 0.2) is 77.7 Å². The summed E-state index contributed by atoms with van der Waals surface area (Å²) < 4.78 is 71.8. The van der Waals surface area contributed by atoms with Gasteiger partial charge in [-0.3, -0.25) is 9.10 Å². The van der Waals surface area contributed by atoms with Crippen molar-refractivity contribution >= 4 is 33.3 Å². The van der Waals surface area contributed by atoms with Crippen molar-refractivity contribution in [1.82, 2.24) is 0 Å². The van der Waals surface area contributed by atoms with Crippen molar-refractivity contribution in [3.63, 3.8) is 0 Å². The summed E-state index contributed by atoms with van der Waals surface area (Å²) in [4.78, 5) is 24.5. The predicted octanol–water partition coefficient (Wildman–Crippen LogP) is 4.63. The average molecular weight is 507 g/mol. The zero-order valence-corrected chi connectivity index (χ0v) is 19.5. The summed E-state index contributed by atoms with van der Waals surface area (Å²) in [5.74, 6) is -1.47. The number of ether oxygens (including phenoxy) is 1. The highest BCUT2D eigenvalue weighted by Crippen LogP contribution is 2.33. The first kappa shape index (κ1) is 25.8. The fourth-order valence-corrected chi connectivity index (χ4v) is 4.63. The number of amides is 1. The molecule has 0 atom stereocenters. The fraction of sp³-hybridized carbons (Fsp3) is 0.167. The number of benzene rings is 3. The minimum atomic E-state index is -4.72. The molecule has 0 aromatic heterocycles. The number of rotatable bonds is 7. The molecule has 3 rings (SSSR count). The van der Waals surface area contributed by atoms with E-state index in [9.17, 15) is 31.2 Å². The lowest BCUT2D eigenvalue weighted by Gasteiger charge is -2.25. The number of esters is 1. The number of carbonyl (C=O) groups is 2. The van der Waals surface area contributed by atoms with E-state index in [2.05, 4.69) is 10.1 Å². The Labute approximate surface area is 200 Å². The fourth-order valence-electron chi connectivity index (χ4n) is 3.19. The second-order valence-electron chi connectivity index (χ2n) is 7.44. The first-order valence-corrected chi connectivity index (χ1v) is 11.6. The van der Waals surface area contributed by atoms with Gasteiger partial charge in [0.2, 0.25) is 5.91 Å². The number of alkyl halides is 3. The molecule has 0 spiro atoms. The Morgan fingerprint density at radius 2 is 1.66 bits per heavy atom. The smallest absolute Gasteiger partial charge is 0.416 e. The van der Waals surface area contributed by atoms with Crippen LogP contribution >= 0.6 is 0 Å². The summed E-state index contributed by atoms with van der Waals surface area (Å²) in [7, 11) is -3.21. The summed E-state index contributed by atoms with van der Waals surface area (Å²) in [5.41, 5.74) is -0.453. The monoisotopic (exact) mass is 506 g/mol. The van der Waals surface area contributed by atoms with E-state index in [-0.39, 0.29) is 21.8 Å². The van der Waals surface area contributed by atoms with Gasteiger partial charge < -0.3 is 10.1 Å². The van der Waals surface area contributed by atoms with Crippen molar-refractivity contribution in [3.05, 3.63) is 89.5 Å². The lowest BCUT2D eigenvalue weighted by Crippen LogP contribution is -2.38. The summed E-state index contributed by atoms with van der Waals surface area (Å²) in [6.45, 7) is 0.836. The maximum atomic E-state index is 13.3. The van der Waals surface area contributed by atoms with E-state index in [1.54, 1.807) is 19.1 Å². The zero-order valence-electron chi connectivity index (χ0n) is 18.7. The number of aryl methyl sites for hydroxylation is 1. The normalized spacial score (nSPS) is 11.6. The third kappa shape index (κ3) is 5.99. The lowest BCUT2D eigenvalue weighted by molar-refractivity contribution is -0.137. The highest BCUT2D eigenvalue weighted by atomic mass is 32.2. The second kappa shape index (κ2) is 10.2. The van der Waals surface area contributed by atoms with Crippen LogP contribution in [0.2, 0.25) is 0 Å². The minimum absolute atomic E-state index is 0.153. The third-order valence-corrected chi connectivity index (χ3v) is 6.80. The van der Waals surface area contributed by atoms with Crippen LogP contribution < -0.4 is 9.62 Å². The van der Waals surface area contributed by atoms with Gasteiger partial charge in [-0.15, -0.1) is 0 Å². The molecule has 0 aliphatic carbocycles. The molecule has 0 radical (unpaired) electrons. The highest BCUT2D eigenvalue weighted by Gasteiger charge is 2.33. The Morgan fingerprint density at radius 1 is 0.971 bits per heavy atom. The molecular weight excluding hydrogens is 485 g/mol. The molecule has 3 aromatic carbocycles. The van der Waals surface area contributed by atoms with Crippen molar-refractivity contribution in [2.75, 3.05) is 23.3 Å². The molecule has 0 unspecified atom stereocenters. The van der Waals surface area contributed by atoms with Gasteiger partial charge in [-0.05, 0) is 55.0 Å². The number of hydrogen-bond donors (Lipinski definition) is 1. The van der Waals surface area contributed by atoms with E-state index in [4.69, 9.17) is 0 Å². The second-order valence-corrected chi connectivity index (χ2v) is 9.30. The van der Waals surface area contributed by atoms with Crippen LogP contribution in [-0.2, 0) is 25.7 Å². The summed E-state index contributed by atoms with van der Waals surface area (Å²) in [6, 6.07) is 15.2. The molecule has 35 heavy (non-hydrogen) atoms. The standard InChI is InChI=1S/C24H21F3N2O5S/c1-16-11-12-17(23(31)34-2)13-21(16)28-22(30)15-29(35(32,33)20-9-4-3-5-10-20)19-8-6-7-18(14-19)24(25,26)27/h3-14H,15H2,1-2H3,(H,28,30). The molecule has 0 aliphatic rings. The van der Waals surface area contributed by atoms with E-state index < -0.39 is 40.2 Å². The van der Waals surface area contributed by atoms with Crippen LogP contribution in [0.3, 0.4) is 0 Å². The predicted molar refractivity (Wildman–Crippen MR) is 124 cm³/mol. The number of anilines is 2. The Balaban J connectivity index is 2.00. The molecule has 0 heterocycles. The summed E-state index contributed by atoms with van der Waals surface area (Å²) >= 11 is 0. The third-order valence-electron chi connectivity index (χ3n) is 5.01. The molecule has 1 amide bonds. The van der Waals surface area contributed by atoms with Crippen LogP contribution in [0.1, 0.15) is 21.5 Å². The Kier molecular flexibility index (Phi) is 7.49. The molecule has 0 aliphatic heterocycles. The number of methoxy groups -OCH3 is 1. The molecule has 0 saturated heterocycles. The topological polar surface area (TPSA) is 92.8 Å². The SMILES string of the molecule is COC(=O)c1ccc(C)c(NC(=O)CN(c2cccc(C(F)(F)F)c2)S(=O)(=O)c2ccccc2)c1. The Morgan fingerprint density at radius 3 is 2.29 bits per heavy atom. The molecule has 11 heteroatoms. The van der Waals surface area contributed by atoms with Gasteiger partial charge in [-0.25, -0.2) is 13.2 Å². The van der Waals surface area contributed by atoms with E-state index in [1.807, 2.05) is 0 Å². The molecule has 0 fully saturated rings. The number of carbonyl (C=O) groups excluding carboxylic acids is 2. The van der Waals surface area contributed by atoms with Gasteiger partial charge in [-0.2, -0.15) is 13.2 Å². The van der Waals surface area contributed by atoms with Crippen LogP contribution in [0.4, 0.5) is 24.5 Å². The maximum absolute atomic E-state index is 13.3. The molecule has 184 valence electrons. The molecule has 3 aromatic rings. The van der Waals surface area contributed by atoms with Crippen LogP contribution in [-0.4, -0.2) is 33.9 Å². The lowest BCUT2D eigenvalue weighted by atomic mass is 10.1. The summed E-state index contributed by atoms with van der Waals surface area (Å²) in [5, 5.41) is 2.52. The van der Waals surface area contributed by atoms with Crippen LogP contribution in [0.25, 0.3) is 0 Å². The van der Waals surface area contributed by atoms with Gasteiger partial charge in [0.1, 0.15) is 6.54 Å². The number of nitrogens with zero attached hydrogens (tertiary/aromatic N) is 1. The first-order valence-electron chi connectivity index (χ1n) is 10.2. The Bertz CT molecular complexity index is 1340. The van der Waals surface area contributed by atoms with Gasteiger partial charge in [0.05, 0.1) is 28.8 Å². The number of halogens is 3. The molecule has 0 saturated carbocycles. The first-order chi connectivity index (χ1) is 16.4. The molecule has 0 bridgehead atoms. The highest BCUT2D eigenvalue weighted by molar-refractivity contribution is 7.92. The molecule has 1 N–H and O–H groups in total. The quantitative estimate of drug-likeness (QED) is 0.472. The van der Waals surface area contributed by atoms with Gasteiger partial charge in [-0.1, -0.05) is 30.3 Å². The molecular formula is C24H21F3N2O5S. The van der Waals surface area contributed by atoms with Gasteiger partial charge >= 0.3 is 12.1 Å². The summed E-state index contributed by atoms with van der Waals surface area (Å²) in [6.07, 6.45) is -4.72. The van der Waals surface area contributed by atoms with Crippen LogP contribution in [0, 0.1) is 6.92 Å². The van der Waals surface area contributed by atoms with Crippen molar-refractivity contribution < 1.29 is 35.9 Å². The zero-order chi connectivity index (χ0) is 25.8. The Hall–Kier alpha value is -3.86. The van der Waals surface area contributed by atoms with Gasteiger partial charge in [0.15, 0.2) is 0 Å². The van der Waals surface area contributed by atoms with E-state index in [0.717, 1.165) is 12.1 Å². The van der Waals surface area contributed by atoms with Gasteiger partial charge in [0.25, 0.3) is 10.0 Å². The van der Waals surface area contributed by atoms with Crippen molar-refractivity contribution in [3.8, 4) is 0 Å². The van der Waals surface area contributed by atoms with Crippen molar-refractivity contribution in [1.29, 1.82) is 0 Å². The largest absolute Gasteiger partial charge is 0.465 e. The number of hydrogen-bond acceptors (Lipinski definition) is 5. The van der Waals surface area contributed by atoms with Crippen LogP contribution in [0.5, 0.6) is 0 Å².